The Balaban J connectivity index is 0.979. The monoisotopic (exact) mass is 754 g/mol. The molecule has 9 aromatic rings. The Bertz CT molecular complexity index is 3280. The minimum Gasteiger partial charge on any atom is -0.337 e. The van der Waals surface area contributed by atoms with Crippen molar-refractivity contribution in [3.63, 3.8) is 0 Å². The number of aromatic amines is 1. The highest BCUT2D eigenvalue weighted by atomic mass is 14.9. The maximum absolute atomic E-state index is 9.46. The summed E-state index contributed by atoms with van der Waals surface area (Å²) in [7, 11) is 0. The molecule has 8 aromatic carbocycles. The van der Waals surface area contributed by atoms with E-state index >= 15 is 0 Å². The first-order valence-electron chi connectivity index (χ1n) is 20.3. The quantitative estimate of drug-likeness (QED) is 0.137. The van der Waals surface area contributed by atoms with Crippen LogP contribution >= 0.6 is 0 Å². The fourth-order valence-corrected chi connectivity index (χ4v) is 10.5. The molecule has 1 spiro atoms. The third-order valence-electron chi connectivity index (χ3n) is 13.2. The lowest BCUT2D eigenvalue weighted by atomic mass is 9.70. The molecule has 0 atom stereocenters. The van der Waals surface area contributed by atoms with Gasteiger partial charge in [0.25, 0.3) is 0 Å². The second kappa shape index (κ2) is 12.3. The number of hydrogen-bond donors (Lipinski definition) is 2. The third-order valence-corrected chi connectivity index (χ3v) is 13.2. The van der Waals surface area contributed by atoms with Crippen molar-refractivity contribution in [1.29, 1.82) is 5.41 Å². The second-order valence-corrected chi connectivity index (χ2v) is 16.6. The number of benzene rings is 8. The summed E-state index contributed by atoms with van der Waals surface area (Å²) >= 11 is 0. The van der Waals surface area contributed by atoms with Crippen molar-refractivity contribution in [2.24, 2.45) is 4.99 Å². The standard InChI is InChI=1S/C55H38N4/c1-54(2)43-20-7-3-16-37(43)41-29-27-35(32-47(41)54)51-53(58-50-25-12-11-24-49(50)57-51)59-52(56)36-15-13-14-33(30-36)34-26-28-42-40-19-6-10-23-46(40)55(48(42)31-34)44-21-8-4-17-38(44)39-18-5-9-22-45(39)55/h3-32H,1-2H3,(H2,56,58,59). The van der Waals surface area contributed by atoms with Crippen LogP contribution in [0.3, 0.4) is 0 Å². The molecule has 3 aliphatic carbocycles. The SMILES string of the molecule is CC1(C)c2ccccc2-c2ccc(-c3nc4ccccc4[nH]c3=NC(=N)c3cccc(-c4ccc5c(c4)C4(c6ccccc6-c6ccccc64)c4ccccc4-5)c3)cc21. The predicted molar refractivity (Wildman–Crippen MR) is 240 cm³/mol. The van der Waals surface area contributed by atoms with Crippen LogP contribution in [0, 0.1) is 5.41 Å². The zero-order valence-electron chi connectivity index (χ0n) is 32.7. The van der Waals surface area contributed by atoms with E-state index in [2.05, 4.69) is 164 Å². The summed E-state index contributed by atoms with van der Waals surface area (Å²) in [4.78, 5) is 13.8. The maximum Gasteiger partial charge on any atom is 0.159 e. The Morgan fingerprint density at radius 1 is 0.475 bits per heavy atom. The van der Waals surface area contributed by atoms with Gasteiger partial charge in [0.05, 0.1) is 16.4 Å². The highest BCUT2D eigenvalue weighted by Gasteiger charge is 2.51. The zero-order chi connectivity index (χ0) is 39.5. The predicted octanol–water partition coefficient (Wildman–Crippen LogP) is 12.5. The number of amidine groups is 1. The van der Waals surface area contributed by atoms with Crippen LogP contribution in [-0.2, 0) is 10.8 Å². The number of fused-ring (bicyclic) bond motifs is 14. The van der Waals surface area contributed by atoms with Crippen LogP contribution in [0.5, 0.6) is 0 Å². The van der Waals surface area contributed by atoms with Crippen LogP contribution in [0.1, 0.15) is 52.8 Å². The fourth-order valence-electron chi connectivity index (χ4n) is 10.5. The van der Waals surface area contributed by atoms with Crippen LogP contribution < -0.4 is 5.49 Å². The Morgan fingerprint density at radius 2 is 0.983 bits per heavy atom. The number of nitrogens with one attached hydrogen (secondary N) is 2. The Labute approximate surface area is 342 Å². The summed E-state index contributed by atoms with van der Waals surface area (Å²) in [5.41, 5.74) is 21.8. The highest BCUT2D eigenvalue weighted by molar-refractivity contribution is 5.99. The minimum atomic E-state index is -0.417. The molecule has 0 saturated heterocycles. The van der Waals surface area contributed by atoms with E-state index in [9.17, 15) is 5.41 Å². The van der Waals surface area contributed by atoms with Gasteiger partial charge in [0, 0.05) is 16.5 Å². The van der Waals surface area contributed by atoms with E-state index in [0.29, 0.717) is 5.49 Å². The molecule has 59 heavy (non-hydrogen) atoms. The molecular formula is C55H38N4. The van der Waals surface area contributed by atoms with E-state index < -0.39 is 5.41 Å². The Hall–Kier alpha value is -7.43. The van der Waals surface area contributed by atoms with Gasteiger partial charge in [0.15, 0.2) is 11.3 Å². The number of nitrogens with zero attached hydrogens (tertiary/aromatic N) is 2. The molecule has 0 bridgehead atoms. The van der Waals surface area contributed by atoms with E-state index in [-0.39, 0.29) is 11.3 Å². The summed E-state index contributed by atoms with van der Waals surface area (Å²) in [6.07, 6.45) is 0. The van der Waals surface area contributed by atoms with E-state index in [4.69, 9.17) is 9.98 Å². The summed E-state index contributed by atoms with van der Waals surface area (Å²) in [6, 6.07) is 65.2. The van der Waals surface area contributed by atoms with Crippen LogP contribution in [-0.4, -0.2) is 15.8 Å². The number of para-hydroxylation sites is 2. The van der Waals surface area contributed by atoms with E-state index in [1.54, 1.807) is 0 Å². The van der Waals surface area contributed by atoms with E-state index in [1.807, 2.05) is 36.4 Å². The van der Waals surface area contributed by atoms with Crippen molar-refractivity contribution < 1.29 is 0 Å². The van der Waals surface area contributed by atoms with E-state index in [0.717, 1.165) is 39.0 Å². The van der Waals surface area contributed by atoms with Crippen molar-refractivity contribution in [3.05, 3.63) is 226 Å². The van der Waals surface area contributed by atoms with Crippen LogP contribution in [0.15, 0.2) is 187 Å². The Kier molecular flexibility index (Phi) is 7.01. The normalized spacial score (nSPS) is 14.7. The van der Waals surface area contributed by atoms with Gasteiger partial charge in [-0.05, 0) is 108 Å². The molecule has 0 unspecified atom stereocenters. The number of rotatable bonds is 3. The molecular weight excluding hydrogens is 717 g/mol. The van der Waals surface area contributed by atoms with Crippen molar-refractivity contribution in [2.45, 2.75) is 24.7 Å². The number of aromatic nitrogens is 2. The van der Waals surface area contributed by atoms with Gasteiger partial charge in [-0.15, -0.1) is 0 Å². The lowest BCUT2D eigenvalue weighted by molar-refractivity contribution is 0.660. The smallest absolute Gasteiger partial charge is 0.159 e. The first kappa shape index (κ1) is 33.7. The van der Waals surface area contributed by atoms with Crippen LogP contribution in [0.25, 0.3) is 66.8 Å². The van der Waals surface area contributed by atoms with Gasteiger partial charge < -0.3 is 4.98 Å². The molecule has 12 rings (SSSR count). The van der Waals surface area contributed by atoms with Crippen LogP contribution in [0.2, 0.25) is 0 Å². The molecule has 1 heterocycles. The van der Waals surface area contributed by atoms with Gasteiger partial charge in [0.1, 0.15) is 5.69 Å². The summed E-state index contributed by atoms with van der Waals surface area (Å²) in [5, 5.41) is 9.46. The molecule has 0 fully saturated rings. The largest absolute Gasteiger partial charge is 0.337 e. The number of H-pyrrole nitrogens is 1. The average molecular weight is 755 g/mol. The molecule has 4 heteroatoms. The van der Waals surface area contributed by atoms with Crippen LogP contribution in [0.4, 0.5) is 0 Å². The molecule has 0 radical (unpaired) electrons. The molecule has 278 valence electrons. The summed E-state index contributed by atoms with van der Waals surface area (Å²) in [5.74, 6) is 0.166. The molecule has 0 amide bonds. The lowest BCUT2D eigenvalue weighted by Crippen LogP contribution is -2.25. The van der Waals surface area contributed by atoms with Gasteiger partial charge >= 0.3 is 0 Å². The highest BCUT2D eigenvalue weighted by Crippen LogP contribution is 2.63. The molecule has 4 nitrogen and oxygen atoms in total. The van der Waals surface area contributed by atoms with Gasteiger partial charge in [-0.2, -0.15) is 0 Å². The lowest BCUT2D eigenvalue weighted by Gasteiger charge is -2.30. The van der Waals surface area contributed by atoms with Crippen molar-refractivity contribution in [3.8, 4) is 55.8 Å². The molecule has 3 aliphatic rings. The second-order valence-electron chi connectivity index (χ2n) is 16.6. The molecule has 2 N–H and O–H groups in total. The minimum absolute atomic E-state index is 0.155. The molecule has 0 saturated carbocycles. The zero-order valence-corrected chi connectivity index (χ0v) is 32.7. The Morgan fingerprint density at radius 3 is 1.66 bits per heavy atom. The van der Waals surface area contributed by atoms with E-state index in [1.165, 1.54) is 66.8 Å². The summed E-state index contributed by atoms with van der Waals surface area (Å²) in [6.45, 7) is 4.58. The fraction of sp³-hybridized carbons (Fsp3) is 0.0727. The number of hydrogen-bond acceptors (Lipinski definition) is 2. The molecule has 0 aliphatic heterocycles. The van der Waals surface area contributed by atoms with Gasteiger partial charge in [-0.1, -0.05) is 166 Å². The topological polar surface area (TPSA) is 64.9 Å². The van der Waals surface area contributed by atoms with Crippen molar-refractivity contribution in [2.75, 3.05) is 0 Å². The van der Waals surface area contributed by atoms with Crippen molar-refractivity contribution >= 4 is 16.9 Å². The summed E-state index contributed by atoms with van der Waals surface area (Å²) < 4.78 is 0. The van der Waals surface area contributed by atoms with Crippen molar-refractivity contribution in [1.82, 2.24) is 9.97 Å². The first-order valence-corrected chi connectivity index (χ1v) is 20.3. The maximum atomic E-state index is 9.46. The van der Waals surface area contributed by atoms with Gasteiger partial charge in [-0.25, -0.2) is 9.98 Å². The van der Waals surface area contributed by atoms with Gasteiger partial charge in [0.2, 0.25) is 0 Å². The average Bonchev–Trinajstić information content (AvgIpc) is 3.84. The first-order chi connectivity index (χ1) is 28.9. The van der Waals surface area contributed by atoms with Gasteiger partial charge in [-0.3, -0.25) is 5.41 Å². The molecule has 1 aromatic heterocycles. The third kappa shape index (κ3) is 4.69.